The average molecular weight is 429 g/mol. The number of amides is 1. The number of ketones is 1. The van der Waals surface area contributed by atoms with E-state index in [0.29, 0.717) is 28.4 Å². The Balaban J connectivity index is 1.52. The Hall–Kier alpha value is -2.84. The summed E-state index contributed by atoms with van der Waals surface area (Å²) >= 11 is 2.79. The second-order valence-electron chi connectivity index (χ2n) is 5.97. The van der Waals surface area contributed by atoms with Crippen molar-refractivity contribution in [3.8, 4) is 11.5 Å². The first-order chi connectivity index (χ1) is 14.1. The molecule has 1 amide bonds. The Labute approximate surface area is 177 Å². The van der Waals surface area contributed by atoms with Crippen molar-refractivity contribution in [3.63, 3.8) is 0 Å². The number of rotatable bonds is 9. The molecule has 0 atom stereocenters. The van der Waals surface area contributed by atoms with E-state index in [-0.39, 0.29) is 23.9 Å². The van der Waals surface area contributed by atoms with Gasteiger partial charge < -0.3 is 14.8 Å². The molecule has 0 saturated carbocycles. The van der Waals surface area contributed by atoms with Gasteiger partial charge in [-0.1, -0.05) is 23.9 Å². The highest BCUT2D eigenvalue weighted by molar-refractivity contribution is 8.01. The standard InChI is InChI=1S/C21H20N2O4S2/c1-26-16-9-7-14(8-10-16)18(24)13-29-21-22-15(12-28-21)11-20(25)23-17-5-3-4-6-19(17)27-2/h3-10,12H,11,13H2,1-2H3,(H,23,25). The number of nitrogens with zero attached hydrogens (tertiary/aromatic N) is 1. The summed E-state index contributed by atoms with van der Waals surface area (Å²) in [4.78, 5) is 29.0. The molecule has 0 saturated heterocycles. The molecule has 2 aromatic carbocycles. The summed E-state index contributed by atoms with van der Waals surface area (Å²) in [6.07, 6.45) is 0.154. The van der Waals surface area contributed by atoms with Crippen LogP contribution < -0.4 is 14.8 Å². The van der Waals surface area contributed by atoms with Crippen LogP contribution in [0.4, 0.5) is 5.69 Å². The Morgan fingerprint density at radius 3 is 2.55 bits per heavy atom. The predicted molar refractivity (Wildman–Crippen MR) is 115 cm³/mol. The number of nitrogens with one attached hydrogen (secondary N) is 1. The van der Waals surface area contributed by atoms with Crippen LogP contribution in [0.1, 0.15) is 16.1 Å². The normalized spacial score (nSPS) is 10.4. The van der Waals surface area contributed by atoms with E-state index in [1.54, 1.807) is 50.6 Å². The van der Waals surface area contributed by atoms with Crippen molar-refractivity contribution in [2.24, 2.45) is 0 Å². The number of carbonyl (C=O) groups excluding carboxylic acids is 2. The molecule has 8 heteroatoms. The third kappa shape index (κ3) is 5.82. The van der Waals surface area contributed by atoms with Gasteiger partial charge in [-0.25, -0.2) is 4.98 Å². The van der Waals surface area contributed by atoms with E-state index in [1.807, 2.05) is 17.5 Å². The SMILES string of the molecule is COc1ccc(C(=O)CSc2nc(CC(=O)Nc3ccccc3OC)cs2)cc1. The van der Waals surface area contributed by atoms with Gasteiger partial charge >= 0.3 is 0 Å². The van der Waals surface area contributed by atoms with Gasteiger partial charge in [0.25, 0.3) is 0 Å². The van der Waals surface area contributed by atoms with E-state index < -0.39 is 0 Å². The Morgan fingerprint density at radius 1 is 1.07 bits per heavy atom. The number of carbonyl (C=O) groups is 2. The number of anilines is 1. The predicted octanol–water partition coefficient (Wildman–Crippen LogP) is 4.32. The fourth-order valence-electron chi connectivity index (χ4n) is 2.53. The van der Waals surface area contributed by atoms with Crippen molar-refractivity contribution in [2.45, 2.75) is 10.8 Å². The first-order valence-electron chi connectivity index (χ1n) is 8.76. The number of thiazole rings is 1. The Kier molecular flexibility index (Phi) is 7.26. The highest BCUT2D eigenvalue weighted by atomic mass is 32.2. The molecule has 150 valence electrons. The van der Waals surface area contributed by atoms with E-state index >= 15 is 0 Å². The summed E-state index contributed by atoms with van der Waals surface area (Å²) in [7, 11) is 3.14. The second kappa shape index (κ2) is 10.1. The average Bonchev–Trinajstić information content (AvgIpc) is 3.19. The number of hydrogen-bond acceptors (Lipinski definition) is 7. The van der Waals surface area contributed by atoms with Gasteiger partial charge in [0.05, 0.1) is 37.8 Å². The van der Waals surface area contributed by atoms with Crippen LogP contribution in [-0.2, 0) is 11.2 Å². The monoisotopic (exact) mass is 428 g/mol. The maximum absolute atomic E-state index is 12.3. The van der Waals surface area contributed by atoms with E-state index in [9.17, 15) is 9.59 Å². The van der Waals surface area contributed by atoms with Crippen molar-refractivity contribution in [2.75, 3.05) is 25.3 Å². The number of benzene rings is 2. The first-order valence-corrected chi connectivity index (χ1v) is 10.6. The smallest absolute Gasteiger partial charge is 0.230 e. The minimum Gasteiger partial charge on any atom is -0.497 e. The lowest BCUT2D eigenvalue weighted by Gasteiger charge is -2.08. The van der Waals surface area contributed by atoms with Crippen LogP contribution in [0.2, 0.25) is 0 Å². The molecule has 1 heterocycles. The number of thioether (sulfide) groups is 1. The number of Topliss-reactive ketones (excluding diaryl/α,β-unsaturated/α-hetero) is 1. The molecule has 1 aromatic heterocycles. The molecular weight excluding hydrogens is 408 g/mol. The van der Waals surface area contributed by atoms with Crippen LogP contribution >= 0.6 is 23.1 Å². The van der Waals surface area contributed by atoms with Gasteiger partial charge in [0.1, 0.15) is 11.5 Å². The Morgan fingerprint density at radius 2 is 1.83 bits per heavy atom. The van der Waals surface area contributed by atoms with Gasteiger partial charge in [-0.2, -0.15) is 0 Å². The molecule has 0 aliphatic rings. The molecule has 3 aromatic rings. The van der Waals surface area contributed by atoms with Gasteiger partial charge in [-0.3, -0.25) is 9.59 Å². The number of ether oxygens (including phenoxy) is 2. The zero-order chi connectivity index (χ0) is 20.6. The van der Waals surface area contributed by atoms with Gasteiger partial charge in [-0.15, -0.1) is 11.3 Å². The van der Waals surface area contributed by atoms with Crippen LogP contribution in [0.3, 0.4) is 0 Å². The van der Waals surface area contributed by atoms with Crippen molar-refractivity contribution >= 4 is 40.5 Å². The zero-order valence-corrected chi connectivity index (χ0v) is 17.6. The lowest BCUT2D eigenvalue weighted by Crippen LogP contribution is -2.15. The highest BCUT2D eigenvalue weighted by Crippen LogP contribution is 2.26. The second-order valence-corrected chi connectivity index (χ2v) is 8.05. The van der Waals surface area contributed by atoms with Gasteiger partial charge in [0, 0.05) is 10.9 Å². The summed E-state index contributed by atoms with van der Waals surface area (Å²) in [6.45, 7) is 0. The molecule has 6 nitrogen and oxygen atoms in total. The number of para-hydroxylation sites is 2. The summed E-state index contributed by atoms with van der Waals surface area (Å²) in [5.74, 6) is 1.44. The molecule has 0 bridgehead atoms. The van der Waals surface area contributed by atoms with Gasteiger partial charge in [0.15, 0.2) is 10.1 Å². The van der Waals surface area contributed by atoms with E-state index in [2.05, 4.69) is 10.3 Å². The maximum atomic E-state index is 12.3. The number of methoxy groups -OCH3 is 2. The van der Waals surface area contributed by atoms with Crippen LogP contribution in [0, 0.1) is 0 Å². The summed E-state index contributed by atoms with van der Waals surface area (Å²) in [5.41, 5.74) is 1.92. The van der Waals surface area contributed by atoms with E-state index in [1.165, 1.54) is 23.1 Å². The topological polar surface area (TPSA) is 77.5 Å². The molecule has 0 radical (unpaired) electrons. The molecule has 0 unspecified atom stereocenters. The summed E-state index contributed by atoms with van der Waals surface area (Å²) in [5, 5.41) is 4.67. The molecule has 3 rings (SSSR count). The largest absolute Gasteiger partial charge is 0.497 e. The fraction of sp³-hybridized carbons (Fsp3) is 0.190. The van der Waals surface area contributed by atoms with Crippen LogP contribution in [0.5, 0.6) is 11.5 Å². The van der Waals surface area contributed by atoms with Crippen molar-refractivity contribution in [1.82, 2.24) is 4.98 Å². The minimum absolute atomic E-state index is 0.0170. The van der Waals surface area contributed by atoms with Gasteiger partial charge in [0.2, 0.25) is 5.91 Å². The van der Waals surface area contributed by atoms with Gasteiger partial charge in [-0.05, 0) is 36.4 Å². The molecule has 0 aliphatic carbocycles. The third-order valence-electron chi connectivity index (χ3n) is 3.99. The molecule has 1 N–H and O–H groups in total. The highest BCUT2D eigenvalue weighted by Gasteiger charge is 2.12. The first kappa shape index (κ1) is 20.9. The zero-order valence-electron chi connectivity index (χ0n) is 16.0. The fourth-order valence-corrected chi connectivity index (χ4v) is 4.27. The minimum atomic E-state index is -0.175. The van der Waals surface area contributed by atoms with Crippen LogP contribution in [0.15, 0.2) is 58.3 Å². The van der Waals surface area contributed by atoms with Crippen LogP contribution in [0.25, 0.3) is 0 Å². The lowest BCUT2D eigenvalue weighted by molar-refractivity contribution is -0.115. The molecule has 0 aliphatic heterocycles. The van der Waals surface area contributed by atoms with E-state index in [0.717, 1.165) is 4.34 Å². The van der Waals surface area contributed by atoms with Crippen molar-refractivity contribution < 1.29 is 19.1 Å². The molecule has 0 spiro atoms. The summed E-state index contributed by atoms with van der Waals surface area (Å²) in [6, 6.07) is 14.3. The molecular formula is C21H20N2O4S2. The van der Waals surface area contributed by atoms with E-state index in [4.69, 9.17) is 9.47 Å². The number of hydrogen-bond donors (Lipinski definition) is 1. The third-order valence-corrected chi connectivity index (χ3v) is 6.06. The maximum Gasteiger partial charge on any atom is 0.230 e. The van der Waals surface area contributed by atoms with Crippen molar-refractivity contribution in [1.29, 1.82) is 0 Å². The summed E-state index contributed by atoms with van der Waals surface area (Å²) < 4.78 is 11.1. The number of aromatic nitrogens is 1. The lowest BCUT2D eigenvalue weighted by atomic mass is 10.1. The van der Waals surface area contributed by atoms with Crippen LogP contribution in [-0.4, -0.2) is 36.6 Å². The molecule has 0 fully saturated rings. The molecule has 29 heavy (non-hydrogen) atoms. The Bertz CT molecular complexity index is 986. The van der Waals surface area contributed by atoms with Crippen molar-refractivity contribution in [3.05, 3.63) is 65.2 Å². The quantitative estimate of drug-likeness (QED) is 0.404.